The van der Waals surface area contributed by atoms with Crippen LogP contribution in [0.5, 0.6) is 0 Å². The molecule has 4 rings (SSSR count). The summed E-state index contributed by atoms with van der Waals surface area (Å²) in [5, 5.41) is 0. The Balaban J connectivity index is 1.67. The van der Waals surface area contributed by atoms with E-state index < -0.39 is 32.7 Å². The minimum atomic E-state index is -4.63. The number of carbonyl (C=O) groups is 1. The number of pyridine rings is 1. The van der Waals surface area contributed by atoms with Crippen LogP contribution in [0.4, 0.5) is 13.2 Å². The van der Waals surface area contributed by atoms with Gasteiger partial charge in [-0.1, -0.05) is 6.07 Å². The average molecular weight is 411 g/mol. The number of hydrogen-bond acceptors (Lipinski definition) is 4. The Morgan fingerprint density at radius 1 is 1.18 bits per heavy atom. The van der Waals surface area contributed by atoms with Crippen molar-refractivity contribution in [3.05, 3.63) is 58.9 Å². The van der Waals surface area contributed by atoms with Crippen LogP contribution in [0, 0.1) is 6.92 Å². The Morgan fingerprint density at radius 2 is 1.93 bits per heavy atom. The van der Waals surface area contributed by atoms with Gasteiger partial charge < -0.3 is 4.90 Å². The van der Waals surface area contributed by atoms with Crippen molar-refractivity contribution in [1.82, 2.24) is 14.2 Å². The maximum Gasteiger partial charge on any atom is 0.416 e. The van der Waals surface area contributed by atoms with Crippen molar-refractivity contribution in [2.75, 3.05) is 19.6 Å². The lowest BCUT2D eigenvalue weighted by Gasteiger charge is -2.37. The first kappa shape index (κ1) is 18.9. The lowest BCUT2D eigenvalue weighted by molar-refractivity contribution is -0.137. The number of hydrogen-bond donors (Lipinski definition) is 0. The van der Waals surface area contributed by atoms with Crippen LogP contribution in [0.3, 0.4) is 0 Å². The van der Waals surface area contributed by atoms with E-state index >= 15 is 0 Å². The third-order valence-corrected chi connectivity index (χ3v) is 6.93. The van der Waals surface area contributed by atoms with E-state index in [1.54, 1.807) is 17.9 Å². The maximum absolute atomic E-state index is 13.0. The van der Waals surface area contributed by atoms with E-state index in [-0.39, 0.29) is 25.5 Å². The molecule has 2 aliphatic heterocycles. The lowest BCUT2D eigenvalue weighted by Crippen LogP contribution is -2.49. The molecule has 0 aliphatic carbocycles. The van der Waals surface area contributed by atoms with Crippen molar-refractivity contribution in [2.45, 2.75) is 24.0 Å². The summed E-state index contributed by atoms with van der Waals surface area (Å²) in [5.41, 5.74) is 0.817. The second-order valence-corrected chi connectivity index (χ2v) is 8.75. The Hall–Kier alpha value is -2.46. The fraction of sp³-hybridized carbons (Fsp3) is 0.333. The third kappa shape index (κ3) is 2.96. The number of aryl methyl sites for hydroxylation is 1. The standard InChI is InChI=1S/C18H16F3N3O3S/c1-11-7-14-15(9-22-11)17(25)24-6-5-23(10-16(14)24)28(26,27)13-4-2-3-12(8-13)18(19,20)21/h2-4,7-9,16H,5-6,10H2,1H3. The summed E-state index contributed by atoms with van der Waals surface area (Å²) in [5.74, 6) is -0.205. The minimum absolute atomic E-state index is 0.0131. The fourth-order valence-electron chi connectivity index (χ4n) is 3.66. The van der Waals surface area contributed by atoms with Gasteiger partial charge in [0.1, 0.15) is 0 Å². The zero-order valence-corrected chi connectivity index (χ0v) is 15.6. The molecule has 0 radical (unpaired) electrons. The summed E-state index contributed by atoms with van der Waals surface area (Å²) < 4.78 is 65.9. The van der Waals surface area contributed by atoms with Crippen LogP contribution in [-0.2, 0) is 16.2 Å². The quantitative estimate of drug-likeness (QED) is 0.762. The fourth-order valence-corrected chi connectivity index (χ4v) is 5.14. The van der Waals surface area contributed by atoms with Crippen LogP contribution in [0.2, 0.25) is 0 Å². The molecule has 0 saturated carbocycles. The SMILES string of the molecule is Cc1cc2c(cn1)C(=O)N1CCN(S(=O)(=O)c3cccc(C(F)(F)F)c3)CC21. The topological polar surface area (TPSA) is 70.6 Å². The van der Waals surface area contributed by atoms with Crippen molar-refractivity contribution >= 4 is 15.9 Å². The first-order valence-corrected chi connectivity index (χ1v) is 9.98. The van der Waals surface area contributed by atoms with E-state index in [4.69, 9.17) is 0 Å². The van der Waals surface area contributed by atoms with Gasteiger partial charge in [-0.25, -0.2) is 8.42 Å². The Labute approximate surface area is 159 Å². The summed E-state index contributed by atoms with van der Waals surface area (Å²) in [7, 11) is -4.13. The zero-order valence-electron chi connectivity index (χ0n) is 14.8. The van der Waals surface area contributed by atoms with Gasteiger partial charge in [-0.3, -0.25) is 9.78 Å². The molecule has 3 heterocycles. The molecule has 2 aliphatic rings. The first-order valence-electron chi connectivity index (χ1n) is 8.54. The number of carbonyl (C=O) groups excluding carboxylic acids is 1. The highest BCUT2D eigenvalue weighted by atomic mass is 32.2. The summed E-state index contributed by atoms with van der Waals surface area (Å²) in [6, 6.07) is 4.98. The van der Waals surface area contributed by atoms with E-state index in [0.29, 0.717) is 22.9 Å². The summed E-state index contributed by atoms with van der Waals surface area (Å²) in [6.45, 7) is 1.94. The van der Waals surface area contributed by atoms with Crippen molar-refractivity contribution in [3.63, 3.8) is 0 Å². The highest BCUT2D eigenvalue weighted by Crippen LogP contribution is 2.38. The molecule has 28 heavy (non-hydrogen) atoms. The zero-order chi connectivity index (χ0) is 20.3. The Kier molecular flexibility index (Phi) is 4.23. The summed E-state index contributed by atoms with van der Waals surface area (Å²) >= 11 is 0. The van der Waals surface area contributed by atoms with Crippen LogP contribution < -0.4 is 0 Å². The van der Waals surface area contributed by atoms with Gasteiger partial charge in [0.15, 0.2) is 0 Å². The molecule has 1 unspecified atom stereocenters. The largest absolute Gasteiger partial charge is 0.416 e. The van der Waals surface area contributed by atoms with Crippen molar-refractivity contribution < 1.29 is 26.4 Å². The van der Waals surface area contributed by atoms with Gasteiger partial charge in [0, 0.05) is 31.5 Å². The molecule has 0 spiro atoms. The van der Waals surface area contributed by atoms with Crippen LogP contribution in [0.25, 0.3) is 0 Å². The molecule has 1 fully saturated rings. The molecule has 0 N–H and O–H groups in total. The summed E-state index contributed by atoms with van der Waals surface area (Å²) in [4.78, 5) is 17.8. The first-order chi connectivity index (χ1) is 13.1. The van der Waals surface area contributed by atoms with E-state index in [1.807, 2.05) is 0 Å². The predicted molar refractivity (Wildman–Crippen MR) is 93.0 cm³/mol. The number of piperazine rings is 1. The van der Waals surface area contributed by atoms with Crippen molar-refractivity contribution in [2.24, 2.45) is 0 Å². The maximum atomic E-state index is 13.0. The predicted octanol–water partition coefficient (Wildman–Crippen LogP) is 2.61. The molecule has 148 valence electrons. The lowest BCUT2D eigenvalue weighted by atomic mass is 10.1. The molecule has 0 bridgehead atoms. The van der Waals surface area contributed by atoms with Crippen molar-refractivity contribution in [3.8, 4) is 0 Å². The second kappa shape index (κ2) is 6.28. The molecule has 1 aromatic heterocycles. The number of fused-ring (bicyclic) bond motifs is 3. The normalized spacial score (nSPS) is 20.2. The highest BCUT2D eigenvalue weighted by molar-refractivity contribution is 7.89. The molecule has 1 aromatic carbocycles. The van der Waals surface area contributed by atoms with Crippen molar-refractivity contribution in [1.29, 1.82) is 0 Å². The molecule has 1 amide bonds. The smallest absolute Gasteiger partial charge is 0.329 e. The molecule has 10 heteroatoms. The van der Waals surface area contributed by atoms with E-state index in [2.05, 4.69) is 4.98 Å². The van der Waals surface area contributed by atoms with Gasteiger partial charge in [-0.2, -0.15) is 17.5 Å². The Morgan fingerprint density at radius 3 is 2.64 bits per heavy atom. The molecule has 6 nitrogen and oxygen atoms in total. The number of aromatic nitrogens is 1. The highest BCUT2D eigenvalue weighted by Gasteiger charge is 2.43. The van der Waals surface area contributed by atoms with Crippen LogP contribution in [0.15, 0.2) is 41.4 Å². The molecular weight excluding hydrogens is 395 g/mol. The van der Waals surface area contributed by atoms with Crippen LogP contribution in [-0.4, -0.2) is 48.1 Å². The molecule has 1 saturated heterocycles. The van der Waals surface area contributed by atoms with Gasteiger partial charge >= 0.3 is 6.18 Å². The number of amides is 1. The van der Waals surface area contributed by atoms with Crippen LogP contribution >= 0.6 is 0 Å². The average Bonchev–Trinajstić information content (AvgIpc) is 2.92. The second-order valence-electron chi connectivity index (χ2n) is 6.82. The number of rotatable bonds is 2. The number of nitrogens with zero attached hydrogens (tertiary/aromatic N) is 3. The van der Waals surface area contributed by atoms with Crippen LogP contribution in [0.1, 0.15) is 33.2 Å². The number of sulfonamides is 1. The molecular formula is C18H16F3N3O3S. The minimum Gasteiger partial charge on any atom is -0.329 e. The Bertz CT molecular complexity index is 1070. The van der Waals surface area contributed by atoms with E-state index in [9.17, 15) is 26.4 Å². The van der Waals surface area contributed by atoms with Gasteiger partial charge in [-0.15, -0.1) is 0 Å². The number of halogens is 3. The van der Waals surface area contributed by atoms with Gasteiger partial charge in [-0.05, 0) is 36.8 Å². The molecule has 1 atom stereocenters. The molecule has 2 aromatic rings. The van der Waals surface area contributed by atoms with E-state index in [1.165, 1.54) is 6.20 Å². The van der Waals surface area contributed by atoms with Gasteiger partial charge in [0.05, 0.1) is 22.1 Å². The number of alkyl halides is 3. The number of benzene rings is 1. The van der Waals surface area contributed by atoms with Gasteiger partial charge in [0.2, 0.25) is 10.0 Å². The van der Waals surface area contributed by atoms with E-state index in [0.717, 1.165) is 22.5 Å². The monoisotopic (exact) mass is 411 g/mol. The van der Waals surface area contributed by atoms with Gasteiger partial charge in [0.25, 0.3) is 5.91 Å². The summed E-state index contributed by atoms with van der Waals surface area (Å²) in [6.07, 6.45) is -3.15. The third-order valence-electron chi connectivity index (χ3n) is 5.07.